The lowest BCUT2D eigenvalue weighted by atomic mass is 10.2. The fourth-order valence-electron chi connectivity index (χ4n) is 3.00. The molecule has 1 saturated carbocycles. The average molecular weight is 362 g/mol. The van der Waals surface area contributed by atoms with E-state index in [1.807, 2.05) is 0 Å². The molecule has 26 heavy (non-hydrogen) atoms. The first kappa shape index (κ1) is 16.4. The molecule has 4 rings (SSSR count). The van der Waals surface area contributed by atoms with E-state index in [2.05, 4.69) is 5.10 Å². The number of benzene rings is 1. The summed E-state index contributed by atoms with van der Waals surface area (Å²) in [6.45, 7) is 0. The van der Waals surface area contributed by atoms with Gasteiger partial charge >= 0.3 is 12.1 Å². The first-order chi connectivity index (χ1) is 12.3. The molecule has 0 spiro atoms. The van der Waals surface area contributed by atoms with Gasteiger partial charge in [-0.25, -0.2) is 4.52 Å². The highest BCUT2D eigenvalue weighted by atomic mass is 19.4. The maximum atomic E-state index is 12.6. The molecule has 0 radical (unpaired) electrons. The third kappa shape index (κ3) is 2.98. The van der Waals surface area contributed by atoms with Gasteiger partial charge < -0.3 is 9.84 Å². The Kier molecular flexibility index (Phi) is 3.64. The second-order valence-corrected chi connectivity index (χ2v) is 6.19. The van der Waals surface area contributed by atoms with Gasteiger partial charge in [0, 0.05) is 24.2 Å². The van der Waals surface area contributed by atoms with E-state index in [9.17, 15) is 18.0 Å². The van der Waals surface area contributed by atoms with Crippen LogP contribution >= 0.6 is 0 Å². The van der Waals surface area contributed by atoms with Crippen LogP contribution in [0, 0.1) is 5.92 Å². The number of carboxylic acid groups (broad SMARTS) is 1. The molecule has 5 nitrogen and oxygen atoms in total. The summed E-state index contributed by atoms with van der Waals surface area (Å²) in [5.41, 5.74) is 0.682. The average Bonchev–Trinajstić information content (AvgIpc) is 3.24. The van der Waals surface area contributed by atoms with Crippen LogP contribution in [0.4, 0.5) is 13.2 Å². The third-order valence-corrected chi connectivity index (χ3v) is 4.40. The Balaban J connectivity index is 1.64. The summed E-state index contributed by atoms with van der Waals surface area (Å²) < 4.78 is 45.3. The molecule has 134 valence electrons. The standard InChI is InChI=1S/C18H13F3N2O3/c19-18(20,21)10-1-3-12(4-2-10)26-13-7-11-5-6-22-23(11)16(8-13)14-9-15(14)17(24)25/h1-8,14-15H,9H2,(H,24,25)/t14-,15-/m1/s1. The number of carbonyl (C=O) groups is 1. The lowest BCUT2D eigenvalue weighted by molar-refractivity contribution is -0.139. The Morgan fingerprint density at radius 3 is 2.50 bits per heavy atom. The van der Waals surface area contributed by atoms with Crippen LogP contribution in [0.3, 0.4) is 0 Å². The number of rotatable bonds is 4. The summed E-state index contributed by atoms with van der Waals surface area (Å²) in [7, 11) is 0. The molecule has 3 aromatic rings. The summed E-state index contributed by atoms with van der Waals surface area (Å²) in [5.74, 6) is -0.790. The Bertz CT molecular complexity index is 980. The maximum Gasteiger partial charge on any atom is 0.416 e. The fourth-order valence-corrected chi connectivity index (χ4v) is 3.00. The highest BCUT2D eigenvalue weighted by Gasteiger charge is 2.46. The van der Waals surface area contributed by atoms with Crippen LogP contribution in [0.1, 0.15) is 23.6 Å². The topological polar surface area (TPSA) is 63.8 Å². The molecule has 0 unspecified atom stereocenters. The monoisotopic (exact) mass is 362 g/mol. The van der Waals surface area contributed by atoms with Crippen LogP contribution in [-0.4, -0.2) is 20.7 Å². The van der Waals surface area contributed by atoms with Crippen LogP contribution in [0.5, 0.6) is 11.5 Å². The fraction of sp³-hybridized carbons (Fsp3) is 0.222. The second kappa shape index (κ2) is 5.76. The Labute approximate surface area is 145 Å². The smallest absolute Gasteiger partial charge is 0.416 e. The van der Waals surface area contributed by atoms with E-state index in [4.69, 9.17) is 9.84 Å². The number of nitrogens with zero attached hydrogens (tertiary/aromatic N) is 2. The number of ether oxygens (including phenoxy) is 1. The summed E-state index contributed by atoms with van der Waals surface area (Å²) in [5, 5.41) is 13.4. The Morgan fingerprint density at radius 1 is 1.15 bits per heavy atom. The number of halogens is 3. The van der Waals surface area contributed by atoms with Gasteiger partial charge in [0.15, 0.2) is 0 Å². The normalized spacial score (nSPS) is 19.5. The minimum Gasteiger partial charge on any atom is -0.481 e. The molecule has 2 aromatic heterocycles. The summed E-state index contributed by atoms with van der Waals surface area (Å²) in [6.07, 6.45) is -2.28. The molecule has 1 fully saturated rings. The number of hydrogen-bond acceptors (Lipinski definition) is 3. The maximum absolute atomic E-state index is 12.6. The molecule has 1 N–H and O–H groups in total. The molecule has 0 amide bonds. The zero-order valence-electron chi connectivity index (χ0n) is 13.3. The van der Waals surface area contributed by atoms with E-state index in [1.165, 1.54) is 12.1 Å². The Hall–Kier alpha value is -3.03. The lowest BCUT2D eigenvalue weighted by Gasteiger charge is -2.11. The van der Waals surface area contributed by atoms with Crippen molar-refractivity contribution < 1.29 is 27.8 Å². The zero-order valence-corrected chi connectivity index (χ0v) is 13.3. The van der Waals surface area contributed by atoms with E-state index in [0.29, 0.717) is 17.9 Å². The van der Waals surface area contributed by atoms with Gasteiger partial charge in [0.05, 0.1) is 22.7 Å². The van der Waals surface area contributed by atoms with Gasteiger partial charge in [-0.2, -0.15) is 18.3 Å². The van der Waals surface area contributed by atoms with E-state index >= 15 is 0 Å². The summed E-state index contributed by atoms with van der Waals surface area (Å²) in [6, 6.07) is 9.54. The predicted octanol–water partition coefficient (Wildman–Crippen LogP) is 4.33. The van der Waals surface area contributed by atoms with Gasteiger partial charge in [0.2, 0.25) is 0 Å². The largest absolute Gasteiger partial charge is 0.481 e. The highest BCUT2D eigenvalue weighted by molar-refractivity contribution is 5.75. The van der Waals surface area contributed by atoms with Crippen LogP contribution in [0.2, 0.25) is 0 Å². The highest BCUT2D eigenvalue weighted by Crippen LogP contribution is 2.48. The van der Waals surface area contributed by atoms with E-state index in [-0.39, 0.29) is 11.7 Å². The van der Waals surface area contributed by atoms with Gasteiger partial charge in [0.25, 0.3) is 0 Å². The molecule has 0 aliphatic heterocycles. The number of alkyl halides is 3. The van der Waals surface area contributed by atoms with Crippen molar-refractivity contribution in [2.24, 2.45) is 5.92 Å². The van der Waals surface area contributed by atoms with Crippen molar-refractivity contribution in [3.05, 3.63) is 59.9 Å². The Morgan fingerprint density at radius 2 is 1.88 bits per heavy atom. The van der Waals surface area contributed by atoms with Crippen LogP contribution in [0.15, 0.2) is 48.7 Å². The molecule has 8 heteroatoms. The molecule has 2 atom stereocenters. The number of aliphatic carboxylic acids is 1. The predicted molar refractivity (Wildman–Crippen MR) is 85.2 cm³/mol. The van der Waals surface area contributed by atoms with Crippen molar-refractivity contribution in [1.29, 1.82) is 0 Å². The molecule has 1 aliphatic carbocycles. The number of fused-ring (bicyclic) bond motifs is 1. The number of hydrogen-bond donors (Lipinski definition) is 1. The van der Waals surface area contributed by atoms with Crippen LogP contribution in [0.25, 0.3) is 5.52 Å². The number of pyridine rings is 1. The van der Waals surface area contributed by atoms with Crippen molar-refractivity contribution in [2.45, 2.75) is 18.5 Å². The first-order valence-electron chi connectivity index (χ1n) is 7.88. The summed E-state index contributed by atoms with van der Waals surface area (Å²) in [4.78, 5) is 11.2. The minimum absolute atomic E-state index is 0.161. The molecular formula is C18H13F3N2O3. The minimum atomic E-state index is -4.40. The van der Waals surface area contributed by atoms with Gasteiger partial charge in [-0.05, 0) is 36.8 Å². The molecule has 1 aromatic carbocycles. The lowest BCUT2D eigenvalue weighted by Crippen LogP contribution is -2.04. The van der Waals surface area contributed by atoms with Gasteiger partial charge in [0.1, 0.15) is 11.5 Å². The number of aromatic nitrogens is 2. The van der Waals surface area contributed by atoms with E-state index < -0.39 is 23.6 Å². The molecular weight excluding hydrogens is 349 g/mol. The van der Waals surface area contributed by atoms with Crippen LogP contribution < -0.4 is 4.74 Å². The van der Waals surface area contributed by atoms with E-state index in [1.54, 1.807) is 28.9 Å². The van der Waals surface area contributed by atoms with E-state index in [0.717, 1.165) is 17.6 Å². The van der Waals surface area contributed by atoms with Crippen molar-refractivity contribution >= 4 is 11.5 Å². The summed E-state index contributed by atoms with van der Waals surface area (Å²) >= 11 is 0. The molecule has 0 bridgehead atoms. The third-order valence-electron chi connectivity index (χ3n) is 4.40. The molecule has 2 heterocycles. The quantitative estimate of drug-likeness (QED) is 0.750. The van der Waals surface area contributed by atoms with Gasteiger partial charge in [-0.3, -0.25) is 4.79 Å². The second-order valence-electron chi connectivity index (χ2n) is 6.19. The van der Waals surface area contributed by atoms with Crippen LogP contribution in [-0.2, 0) is 11.0 Å². The van der Waals surface area contributed by atoms with Crippen molar-refractivity contribution in [2.75, 3.05) is 0 Å². The zero-order chi connectivity index (χ0) is 18.5. The SMILES string of the molecule is O=C(O)[C@@H]1C[C@H]1c1cc(Oc2ccc(C(F)(F)F)cc2)cc2ccnn12. The van der Waals surface area contributed by atoms with Gasteiger partial charge in [-0.1, -0.05) is 0 Å². The van der Waals surface area contributed by atoms with Gasteiger partial charge in [-0.15, -0.1) is 0 Å². The number of carboxylic acids is 1. The molecule has 1 aliphatic rings. The van der Waals surface area contributed by atoms with Crippen molar-refractivity contribution in [3.63, 3.8) is 0 Å². The molecule has 0 saturated heterocycles. The first-order valence-corrected chi connectivity index (χ1v) is 7.88. The van der Waals surface area contributed by atoms with Crippen molar-refractivity contribution in [3.8, 4) is 11.5 Å². The van der Waals surface area contributed by atoms with Crippen molar-refractivity contribution in [1.82, 2.24) is 9.61 Å².